The van der Waals surface area contributed by atoms with Crippen molar-refractivity contribution in [2.45, 2.75) is 272 Å². The van der Waals surface area contributed by atoms with Gasteiger partial charge in [0.2, 0.25) is 0 Å². The predicted molar refractivity (Wildman–Crippen MR) is 563 cm³/mol. The summed E-state index contributed by atoms with van der Waals surface area (Å²) >= 11 is 0. The molecule has 5 N–H and O–H groups in total. The van der Waals surface area contributed by atoms with E-state index in [1.807, 2.05) is 30.3 Å². The number of aliphatic hydroxyl groups excluding tert-OH is 2. The van der Waals surface area contributed by atoms with Crippen molar-refractivity contribution in [3.05, 3.63) is 325 Å². The van der Waals surface area contributed by atoms with Crippen LogP contribution in [-0.2, 0) is 0 Å². The van der Waals surface area contributed by atoms with Gasteiger partial charge in [-0.25, -0.2) is 24.2 Å². The number of nitrogens with zero attached hydrogens (tertiary/aromatic N) is 10. The molecule has 0 amide bonds. The van der Waals surface area contributed by atoms with E-state index >= 15 is 0 Å². The van der Waals surface area contributed by atoms with Gasteiger partial charge in [-0.15, -0.1) is 0 Å². The maximum Gasteiger partial charge on any atom is 0.190 e. The summed E-state index contributed by atoms with van der Waals surface area (Å²) in [6.07, 6.45) is 33.4. The predicted octanol–water partition coefficient (Wildman–Crippen LogP) is 31.1. The lowest BCUT2D eigenvalue weighted by molar-refractivity contribution is 0.105. The lowest BCUT2D eigenvalue weighted by atomic mass is 9.91. The average molecular weight is 1790 g/mol. The number of rotatable bonds is 13. The second-order valence-electron chi connectivity index (χ2n) is 39.3. The number of hydrogen-bond donors (Lipinski definition) is 5. The summed E-state index contributed by atoms with van der Waals surface area (Å²) in [5.74, 6) is 0. The van der Waals surface area contributed by atoms with Crippen LogP contribution in [-0.4, -0.2) is 84.5 Å². The minimum Gasteiger partial charge on any atom is -0.393 e. The molecule has 15 heteroatoms. The maximum atomic E-state index is 10.1. The summed E-state index contributed by atoms with van der Waals surface area (Å²) < 4.78 is 12.1. The van der Waals surface area contributed by atoms with Crippen molar-refractivity contribution in [3.8, 4) is 55.6 Å². The SMILES string of the molecule is [C-]#[N+]c1cc2c(-c3cccc(C)c3C)cn(C3CCC(NC)CC3)c2cc1C.[C-]#[N+]c1cc2c(-c3cccc(C)c3C)cn(C3CCC(NC)CC3)c2cc1C.[C-]#[N+]c1ccc2c(c1)c(-c1cccc(C)c1C)cn2C1CCC(NC)CC1.[C-]#[N+]c1ccc2c(c1)c(-c1cccc(C)c1C)cn2[C@@H]1CCC[C@@H](O)C1.[C-]#[N+]c1ccc2c(c1)c(-c1cccc(C)c1C)cn2[C@@H]1CCC[C@H](O)C1. The summed E-state index contributed by atoms with van der Waals surface area (Å²) in [4.78, 5) is 18.5. The highest BCUT2D eigenvalue weighted by molar-refractivity contribution is 6.04. The molecule has 5 aromatic heterocycles. The van der Waals surface area contributed by atoms with Gasteiger partial charge in [0, 0.05) is 135 Å². The topological polar surface area (TPSA) is 123 Å². The minimum atomic E-state index is -0.210. The Labute approximate surface area is 800 Å². The third-order valence-corrected chi connectivity index (χ3v) is 31.4. The van der Waals surface area contributed by atoms with Crippen LogP contribution in [0.1, 0.15) is 225 Å². The maximum absolute atomic E-state index is 10.1. The van der Waals surface area contributed by atoms with Crippen molar-refractivity contribution in [3.63, 3.8) is 0 Å². The third kappa shape index (κ3) is 19.9. The Kier molecular flexibility index (Phi) is 29.6. The quantitative estimate of drug-likeness (QED) is 0.0736. The molecule has 20 rings (SSSR count). The van der Waals surface area contributed by atoms with Crippen LogP contribution < -0.4 is 16.0 Å². The zero-order chi connectivity index (χ0) is 95.2. The number of fused-ring (bicyclic) bond motifs is 5. The zero-order valence-corrected chi connectivity index (χ0v) is 81.8. The molecule has 15 aromatic rings. The van der Waals surface area contributed by atoms with Gasteiger partial charge in [0.25, 0.3) is 0 Å². The highest BCUT2D eigenvalue weighted by Crippen LogP contribution is 2.48. The van der Waals surface area contributed by atoms with E-state index in [2.05, 4.69) is 338 Å². The van der Waals surface area contributed by atoms with Crippen LogP contribution in [0.5, 0.6) is 0 Å². The first-order valence-electron chi connectivity index (χ1n) is 49.2. The van der Waals surface area contributed by atoms with E-state index in [0.29, 0.717) is 65.4 Å². The fraction of sp³-hybridized carbons (Fsp3) is 0.375. The Hall–Kier alpha value is -12.9. The van der Waals surface area contributed by atoms with E-state index in [1.165, 1.54) is 221 Å². The summed E-state index contributed by atoms with van der Waals surface area (Å²) in [6, 6.07) is 63.3. The first-order chi connectivity index (χ1) is 65.3. The van der Waals surface area contributed by atoms with Gasteiger partial charge in [0.15, 0.2) is 28.4 Å². The first kappa shape index (κ1) is 95.3. The number of aliphatic hydroxyl groups is 2. The Morgan fingerprint density at radius 3 is 0.733 bits per heavy atom. The zero-order valence-electron chi connectivity index (χ0n) is 81.8. The molecule has 0 aliphatic heterocycles. The molecule has 0 unspecified atom stereocenters. The lowest BCUT2D eigenvalue weighted by Gasteiger charge is -2.30. The average Bonchev–Trinajstić information content (AvgIpc) is 1.64. The molecular weight excluding hydrogens is 1660 g/mol. The normalized spacial score (nSPS) is 19.9. The number of hydrogen-bond acceptors (Lipinski definition) is 5. The van der Waals surface area contributed by atoms with E-state index in [-0.39, 0.29) is 12.2 Å². The van der Waals surface area contributed by atoms with Crippen molar-refractivity contribution in [1.29, 1.82) is 0 Å². The molecule has 0 saturated heterocycles. The molecule has 0 radical (unpaired) electrons. The van der Waals surface area contributed by atoms with E-state index < -0.39 is 0 Å². The molecule has 4 atom stereocenters. The van der Waals surface area contributed by atoms with Gasteiger partial charge >= 0.3 is 0 Å². The van der Waals surface area contributed by atoms with E-state index in [9.17, 15) is 10.2 Å². The van der Waals surface area contributed by atoms with Crippen molar-refractivity contribution in [2.24, 2.45) is 0 Å². The summed E-state index contributed by atoms with van der Waals surface area (Å²) in [7, 11) is 6.22. The Balaban J connectivity index is 0.000000123. The molecule has 15 nitrogen and oxygen atoms in total. The molecule has 690 valence electrons. The van der Waals surface area contributed by atoms with Gasteiger partial charge in [0.1, 0.15) is 0 Å². The van der Waals surface area contributed by atoms with E-state index in [1.54, 1.807) is 0 Å². The molecule has 10 aromatic carbocycles. The van der Waals surface area contributed by atoms with Crippen LogP contribution in [0.25, 0.3) is 134 Å². The number of aryl methyl sites for hydroxylation is 7. The molecule has 5 aliphatic rings. The smallest absolute Gasteiger partial charge is 0.190 e. The molecule has 5 heterocycles. The Bertz CT molecular complexity index is 6780. The third-order valence-electron chi connectivity index (χ3n) is 31.4. The van der Waals surface area contributed by atoms with Crippen LogP contribution in [0.15, 0.2) is 201 Å². The Morgan fingerprint density at radius 2 is 0.496 bits per heavy atom. The molecule has 5 fully saturated rings. The summed E-state index contributed by atoms with van der Waals surface area (Å²) in [5, 5.41) is 36.5. The van der Waals surface area contributed by atoms with Crippen LogP contribution in [0, 0.1) is 116 Å². The van der Waals surface area contributed by atoms with E-state index in [0.717, 1.165) is 95.7 Å². The molecule has 0 spiro atoms. The van der Waals surface area contributed by atoms with Gasteiger partial charge in [-0.3, -0.25) is 0 Å². The number of nitrogens with one attached hydrogen (secondary N) is 3. The van der Waals surface area contributed by atoms with Crippen molar-refractivity contribution in [1.82, 2.24) is 38.8 Å². The van der Waals surface area contributed by atoms with Gasteiger partial charge in [-0.05, 0) is 415 Å². The highest BCUT2D eigenvalue weighted by Gasteiger charge is 2.32. The highest BCUT2D eigenvalue weighted by atomic mass is 16.3. The summed E-state index contributed by atoms with van der Waals surface area (Å²) in [5.41, 5.74) is 37.3. The van der Waals surface area contributed by atoms with Crippen LogP contribution in [0.4, 0.5) is 28.4 Å². The standard InChI is InChI=1S/2C25H29N3.C24H27N3.2C23H24N2O/c2*1-16-7-6-8-21(18(16)3)23-15-28(20-11-9-19(26-4)10-12-20)25-13-17(2)24(27-5)14-22(23)25;1-16-6-5-7-21(17(16)2)23-15-27(20-11-8-18(25-3)9-12-20)24-13-10-19(26-4)14-22(23)24;2*1-15-6-4-9-20(16(15)2)22-14-25(18-7-5-8-19(26)13-18)23-11-10-17(24-3)12-21(22)23/h2*6-8,13-15,19-20,26H,9-12H2,1-4H3;5-7,10,13-15,18,20,25H,8-9,11-12H2,1-3H3;2*4,6,9-12,14,18-19,26H,5,7-8,13H2,1-2H3/t;;;18-,19+;18-,19-/m...11/s1. The minimum absolute atomic E-state index is 0.210. The van der Waals surface area contributed by atoms with Crippen molar-refractivity contribution < 1.29 is 10.2 Å². The van der Waals surface area contributed by atoms with Gasteiger partial charge < -0.3 is 49.0 Å². The number of aromatic nitrogens is 5. The molecule has 5 saturated carbocycles. The molecule has 5 aliphatic carbocycles. The largest absolute Gasteiger partial charge is 0.393 e. The number of benzene rings is 10. The summed E-state index contributed by atoms with van der Waals surface area (Å²) in [6.45, 7) is 63.2. The Morgan fingerprint density at radius 1 is 0.252 bits per heavy atom. The molecule has 135 heavy (non-hydrogen) atoms. The van der Waals surface area contributed by atoms with Crippen LogP contribution >= 0.6 is 0 Å². The molecular formula is C120H133N13O2. The fourth-order valence-electron chi connectivity index (χ4n) is 22.5. The van der Waals surface area contributed by atoms with Gasteiger partial charge in [-0.2, -0.15) is 0 Å². The fourth-order valence-corrected chi connectivity index (χ4v) is 22.5. The second kappa shape index (κ2) is 42.0. The van der Waals surface area contributed by atoms with Gasteiger partial charge in [-0.1, -0.05) is 109 Å². The van der Waals surface area contributed by atoms with Crippen molar-refractivity contribution in [2.75, 3.05) is 21.1 Å². The molecule has 0 bridgehead atoms. The first-order valence-corrected chi connectivity index (χ1v) is 49.2. The van der Waals surface area contributed by atoms with Gasteiger partial charge in [0.05, 0.1) is 45.1 Å². The van der Waals surface area contributed by atoms with Crippen molar-refractivity contribution >= 4 is 83.0 Å². The monoisotopic (exact) mass is 1790 g/mol. The van der Waals surface area contributed by atoms with E-state index in [4.69, 9.17) is 32.9 Å². The lowest BCUT2D eigenvalue weighted by Crippen LogP contribution is -2.30. The second-order valence-corrected chi connectivity index (χ2v) is 39.3. The van der Waals surface area contributed by atoms with Crippen LogP contribution in [0.2, 0.25) is 0 Å². The van der Waals surface area contributed by atoms with Crippen LogP contribution in [0.3, 0.4) is 0 Å².